The standard InChI is InChI=1S/C25H25N5O4/c1-5-34-24-11-8-18(13-23(24)30(32)33)25(31)26-20-14-22-21(12-16(20)4)27-29(28-22)19-9-6-17(7-10-19)15(2)3/h6-15H,5H2,1-4H3,(H,26,31). The van der Waals surface area contributed by atoms with Crippen LogP contribution in [0, 0.1) is 17.0 Å². The summed E-state index contributed by atoms with van der Waals surface area (Å²) >= 11 is 0. The Kier molecular flexibility index (Phi) is 6.27. The van der Waals surface area contributed by atoms with Crippen molar-refractivity contribution < 1.29 is 14.5 Å². The van der Waals surface area contributed by atoms with E-state index >= 15 is 0 Å². The Labute approximate surface area is 196 Å². The topological polar surface area (TPSA) is 112 Å². The van der Waals surface area contributed by atoms with Gasteiger partial charge >= 0.3 is 5.69 Å². The van der Waals surface area contributed by atoms with Crippen LogP contribution in [0.3, 0.4) is 0 Å². The lowest BCUT2D eigenvalue weighted by molar-refractivity contribution is -0.385. The van der Waals surface area contributed by atoms with E-state index in [1.54, 1.807) is 17.8 Å². The van der Waals surface area contributed by atoms with E-state index in [9.17, 15) is 14.9 Å². The second kappa shape index (κ2) is 9.30. The van der Waals surface area contributed by atoms with Gasteiger partial charge in [-0.05, 0) is 67.3 Å². The van der Waals surface area contributed by atoms with E-state index in [0.717, 1.165) is 11.3 Å². The number of ether oxygens (including phenoxy) is 1. The number of nitro benzene ring substituents is 1. The Morgan fingerprint density at radius 2 is 1.76 bits per heavy atom. The first-order valence-electron chi connectivity index (χ1n) is 11.0. The lowest BCUT2D eigenvalue weighted by Gasteiger charge is -2.09. The van der Waals surface area contributed by atoms with Gasteiger partial charge in [-0.2, -0.15) is 4.80 Å². The van der Waals surface area contributed by atoms with Gasteiger partial charge < -0.3 is 10.1 Å². The van der Waals surface area contributed by atoms with Crippen molar-refractivity contribution in [3.05, 3.63) is 81.4 Å². The van der Waals surface area contributed by atoms with E-state index in [0.29, 0.717) is 22.6 Å². The summed E-state index contributed by atoms with van der Waals surface area (Å²) in [7, 11) is 0. The number of carbonyl (C=O) groups is 1. The molecule has 0 aliphatic carbocycles. The van der Waals surface area contributed by atoms with Gasteiger partial charge in [-0.3, -0.25) is 14.9 Å². The molecule has 174 valence electrons. The van der Waals surface area contributed by atoms with Gasteiger partial charge in [0.15, 0.2) is 5.75 Å². The van der Waals surface area contributed by atoms with Crippen molar-refractivity contribution in [3.8, 4) is 11.4 Å². The fraction of sp³-hybridized carbons (Fsp3) is 0.240. The summed E-state index contributed by atoms with van der Waals surface area (Å²) in [6.45, 7) is 8.15. The molecule has 1 aromatic heterocycles. The fourth-order valence-electron chi connectivity index (χ4n) is 3.58. The summed E-state index contributed by atoms with van der Waals surface area (Å²) in [5, 5.41) is 23.3. The number of rotatable bonds is 7. The largest absolute Gasteiger partial charge is 0.487 e. The van der Waals surface area contributed by atoms with E-state index in [1.807, 2.05) is 25.1 Å². The Morgan fingerprint density at radius 1 is 1.09 bits per heavy atom. The van der Waals surface area contributed by atoms with E-state index in [4.69, 9.17) is 4.74 Å². The minimum Gasteiger partial charge on any atom is -0.487 e. The highest BCUT2D eigenvalue weighted by molar-refractivity contribution is 6.06. The quantitative estimate of drug-likeness (QED) is 0.292. The van der Waals surface area contributed by atoms with Gasteiger partial charge in [-0.1, -0.05) is 26.0 Å². The Bertz CT molecular complexity index is 1380. The lowest BCUT2D eigenvalue weighted by atomic mass is 10.0. The first-order chi connectivity index (χ1) is 16.3. The monoisotopic (exact) mass is 459 g/mol. The average Bonchev–Trinajstić information content (AvgIpc) is 3.22. The van der Waals surface area contributed by atoms with Gasteiger partial charge in [0.25, 0.3) is 5.91 Å². The normalized spacial score (nSPS) is 11.1. The molecule has 4 rings (SSSR count). The number of carbonyl (C=O) groups excluding carboxylic acids is 1. The third-order valence-corrected chi connectivity index (χ3v) is 5.48. The lowest BCUT2D eigenvalue weighted by Crippen LogP contribution is -2.13. The van der Waals surface area contributed by atoms with E-state index in [1.165, 1.54) is 23.8 Å². The van der Waals surface area contributed by atoms with Gasteiger partial charge in [-0.25, -0.2) is 0 Å². The summed E-state index contributed by atoms with van der Waals surface area (Å²) in [6.07, 6.45) is 0. The zero-order chi connectivity index (χ0) is 24.4. The highest BCUT2D eigenvalue weighted by atomic mass is 16.6. The number of hydrogen-bond donors (Lipinski definition) is 1. The molecular weight excluding hydrogens is 434 g/mol. The first-order valence-corrected chi connectivity index (χ1v) is 11.0. The predicted octanol–water partition coefficient (Wildman–Crippen LogP) is 5.41. The van der Waals surface area contributed by atoms with Gasteiger partial charge in [0, 0.05) is 17.3 Å². The Morgan fingerprint density at radius 3 is 2.38 bits per heavy atom. The van der Waals surface area contributed by atoms with Crippen molar-refractivity contribution in [2.45, 2.75) is 33.6 Å². The summed E-state index contributed by atoms with van der Waals surface area (Å²) < 4.78 is 5.28. The number of hydrogen-bond acceptors (Lipinski definition) is 6. The maximum absolute atomic E-state index is 12.8. The molecule has 3 aromatic carbocycles. The molecule has 0 radical (unpaired) electrons. The van der Waals surface area contributed by atoms with Crippen LogP contribution in [-0.2, 0) is 0 Å². The number of amides is 1. The number of nitrogens with one attached hydrogen (secondary N) is 1. The highest BCUT2D eigenvalue weighted by Gasteiger charge is 2.19. The van der Waals surface area contributed by atoms with Crippen LogP contribution in [0.2, 0.25) is 0 Å². The van der Waals surface area contributed by atoms with Crippen molar-refractivity contribution in [2.24, 2.45) is 0 Å². The second-order valence-electron chi connectivity index (χ2n) is 8.22. The Balaban J connectivity index is 1.61. The maximum atomic E-state index is 12.8. The average molecular weight is 460 g/mol. The number of nitrogens with zero attached hydrogens (tertiary/aromatic N) is 4. The van der Waals surface area contributed by atoms with Crippen LogP contribution in [0.15, 0.2) is 54.6 Å². The van der Waals surface area contributed by atoms with Crippen molar-refractivity contribution in [1.82, 2.24) is 15.0 Å². The van der Waals surface area contributed by atoms with Crippen LogP contribution in [0.5, 0.6) is 5.75 Å². The molecule has 0 saturated heterocycles. The number of aryl methyl sites for hydroxylation is 1. The zero-order valence-corrected chi connectivity index (χ0v) is 19.4. The van der Waals surface area contributed by atoms with Gasteiger partial charge in [0.2, 0.25) is 0 Å². The summed E-state index contributed by atoms with van der Waals surface area (Å²) in [4.78, 5) is 25.2. The van der Waals surface area contributed by atoms with Crippen LogP contribution in [0.25, 0.3) is 16.7 Å². The summed E-state index contributed by atoms with van der Waals surface area (Å²) in [5.74, 6) is 0.0919. The minimum absolute atomic E-state index is 0.125. The molecule has 0 atom stereocenters. The number of nitro groups is 1. The number of fused-ring (bicyclic) bond motifs is 1. The van der Waals surface area contributed by atoms with Gasteiger partial charge in [0.05, 0.1) is 17.2 Å². The molecule has 4 aromatic rings. The van der Waals surface area contributed by atoms with Crippen LogP contribution < -0.4 is 10.1 Å². The van der Waals surface area contributed by atoms with Crippen molar-refractivity contribution in [3.63, 3.8) is 0 Å². The molecule has 0 bridgehead atoms. The predicted molar refractivity (Wildman–Crippen MR) is 130 cm³/mol. The smallest absolute Gasteiger partial charge is 0.311 e. The molecule has 0 aliphatic rings. The summed E-state index contributed by atoms with van der Waals surface area (Å²) in [5.41, 5.74) is 4.63. The fourth-order valence-corrected chi connectivity index (χ4v) is 3.58. The second-order valence-corrected chi connectivity index (χ2v) is 8.22. The third kappa shape index (κ3) is 4.59. The SMILES string of the molecule is CCOc1ccc(C(=O)Nc2cc3nn(-c4ccc(C(C)C)cc4)nc3cc2C)cc1[N+](=O)[O-]. The number of anilines is 1. The van der Waals surface area contributed by atoms with Crippen LogP contribution in [-0.4, -0.2) is 32.4 Å². The molecule has 0 spiro atoms. The molecule has 0 fully saturated rings. The molecule has 1 N–H and O–H groups in total. The van der Waals surface area contributed by atoms with Gasteiger partial charge in [-0.15, -0.1) is 10.2 Å². The van der Waals surface area contributed by atoms with Gasteiger partial charge in [0.1, 0.15) is 11.0 Å². The summed E-state index contributed by atoms with van der Waals surface area (Å²) in [6, 6.07) is 15.8. The van der Waals surface area contributed by atoms with Crippen molar-refractivity contribution >= 4 is 28.3 Å². The molecule has 9 nitrogen and oxygen atoms in total. The molecule has 9 heteroatoms. The third-order valence-electron chi connectivity index (χ3n) is 5.48. The van der Waals surface area contributed by atoms with E-state index in [-0.39, 0.29) is 23.6 Å². The first kappa shape index (κ1) is 22.9. The number of benzene rings is 3. The van der Waals surface area contributed by atoms with Crippen LogP contribution in [0.1, 0.15) is 48.2 Å². The molecule has 1 amide bonds. The highest BCUT2D eigenvalue weighted by Crippen LogP contribution is 2.29. The van der Waals surface area contributed by atoms with Crippen LogP contribution in [0.4, 0.5) is 11.4 Å². The van der Waals surface area contributed by atoms with E-state index in [2.05, 4.69) is 41.5 Å². The van der Waals surface area contributed by atoms with Crippen molar-refractivity contribution in [2.75, 3.05) is 11.9 Å². The van der Waals surface area contributed by atoms with Crippen LogP contribution >= 0.6 is 0 Å². The molecule has 34 heavy (non-hydrogen) atoms. The molecule has 0 saturated carbocycles. The number of aromatic nitrogens is 3. The maximum Gasteiger partial charge on any atom is 0.311 e. The molecule has 0 unspecified atom stereocenters. The molecule has 0 aliphatic heterocycles. The zero-order valence-electron chi connectivity index (χ0n) is 19.4. The Hall–Kier alpha value is -4.27. The van der Waals surface area contributed by atoms with E-state index < -0.39 is 10.8 Å². The molecule has 1 heterocycles. The minimum atomic E-state index is -0.564. The molecular formula is C25H25N5O4. The van der Waals surface area contributed by atoms with Crippen molar-refractivity contribution in [1.29, 1.82) is 0 Å².